The minimum Gasteiger partial charge on any atom is -0.314 e. The summed E-state index contributed by atoms with van der Waals surface area (Å²) in [7, 11) is 0. The minimum absolute atomic E-state index is 0.0356. The zero-order chi connectivity index (χ0) is 27.1. The molecule has 0 aromatic heterocycles. The van der Waals surface area contributed by atoms with Crippen molar-refractivity contribution in [2.24, 2.45) is 0 Å². The maximum atomic E-state index is 2.50. The lowest BCUT2D eigenvalue weighted by Crippen LogP contribution is -2.19. The first-order chi connectivity index (χ1) is 19.6. The summed E-state index contributed by atoms with van der Waals surface area (Å²) < 4.78 is 0. The highest BCUT2D eigenvalue weighted by Crippen LogP contribution is 2.53. The van der Waals surface area contributed by atoms with Crippen molar-refractivity contribution in [3.63, 3.8) is 0 Å². The third-order valence-corrected chi connectivity index (χ3v) is 8.62. The molecule has 0 saturated heterocycles. The van der Waals surface area contributed by atoms with E-state index in [0.29, 0.717) is 0 Å². The van der Waals surface area contributed by atoms with Crippen LogP contribution in [0, 0.1) is 0 Å². The van der Waals surface area contributed by atoms with Gasteiger partial charge in [0.1, 0.15) is 0 Å². The summed E-state index contributed by atoms with van der Waals surface area (Å²) in [6, 6.07) is 46.3. The van der Waals surface area contributed by atoms with Gasteiger partial charge >= 0.3 is 0 Å². The summed E-state index contributed by atoms with van der Waals surface area (Å²) >= 11 is 0. The van der Waals surface area contributed by atoms with Crippen LogP contribution in [0.1, 0.15) is 43.4 Å². The van der Waals surface area contributed by atoms with Gasteiger partial charge in [-0.3, -0.25) is 0 Å². The number of hydrogen-bond acceptors (Lipinski definition) is 1. The first-order valence-corrected chi connectivity index (χ1v) is 14.3. The van der Waals surface area contributed by atoms with Gasteiger partial charge in [0.05, 0.1) is 5.69 Å². The summed E-state index contributed by atoms with van der Waals surface area (Å²) in [5.74, 6) is 0. The molecule has 40 heavy (non-hydrogen) atoms. The molecule has 0 fully saturated rings. The first-order valence-electron chi connectivity index (χ1n) is 14.3. The lowest BCUT2D eigenvalue weighted by atomic mass is 9.82. The highest BCUT2D eigenvalue weighted by atomic mass is 15.2. The molecule has 0 heterocycles. The summed E-state index contributed by atoms with van der Waals surface area (Å²) in [6.07, 6.45) is 6.66. The Kier molecular flexibility index (Phi) is 6.01. The fourth-order valence-corrected chi connectivity index (χ4v) is 6.52. The number of allylic oxidation sites excluding steroid dienone is 4. The van der Waals surface area contributed by atoms with Crippen molar-refractivity contribution in [1.82, 2.24) is 0 Å². The van der Waals surface area contributed by atoms with Crippen molar-refractivity contribution in [1.29, 1.82) is 0 Å². The van der Waals surface area contributed by atoms with Gasteiger partial charge in [-0.15, -0.1) is 0 Å². The van der Waals surface area contributed by atoms with E-state index < -0.39 is 0 Å². The average Bonchev–Trinajstić information content (AvgIpc) is 3.26. The predicted octanol–water partition coefficient (Wildman–Crippen LogP) is 10.6. The number of benzene rings is 5. The molecule has 0 unspecified atom stereocenters. The van der Waals surface area contributed by atoms with E-state index in [4.69, 9.17) is 0 Å². The Hall–Kier alpha value is -4.62. The van der Waals surface area contributed by atoms with E-state index in [-0.39, 0.29) is 5.41 Å². The van der Waals surface area contributed by atoms with Crippen LogP contribution in [0.15, 0.2) is 145 Å². The van der Waals surface area contributed by atoms with E-state index in [2.05, 4.69) is 158 Å². The van der Waals surface area contributed by atoms with Crippen LogP contribution >= 0.6 is 0 Å². The molecule has 2 aliphatic rings. The summed E-state index contributed by atoms with van der Waals surface area (Å²) in [6.45, 7) is 4.71. The fraction of sp³-hybridized carbons (Fsp3) is 0.128. The molecule has 0 bridgehead atoms. The second kappa shape index (κ2) is 9.84. The van der Waals surface area contributed by atoms with Crippen LogP contribution in [0.5, 0.6) is 0 Å². The molecule has 0 atom stereocenters. The Morgan fingerprint density at radius 1 is 0.525 bits per heavy atom. The summed E-state index contributed by atoms with van der Waals surface area (Å²) in [5, 5.41) is 0. The smallest absolute Gasteiger partial charge is 0.0540 e. The van der Waals surface area contributed by atoms with Crippen molar-refractivity contribution >= 4 is 16.9 Å². The van der Waals surface area contributed by atoms with Crippen molar-refractivity contribution in [2.45, 2.75) is 32.1 Å². The van der Waals surface area contributed by atoms with Crippen LogP contribution < -0.4 is 4.90 Å². The molecule has 7 rings (SSSR count). The lowest BCUT2D eigenvalue weighted by molar-refractivity contribution is 0.660. The van der Waals surface area contributed by atoms with Crippen molar-refractivity contribution in [3.8, 4) is 22.3 Å². The van der Waals surface area contributed by atoms with Gasteiger partial charge in [-0.25, -0.2) is 0 Å². The zero-order valence-electron chi connectivity index (χ0n) is 23.1. The Morgan fingerprint density at radius 2 is 1.15 bits per heavy atom. The Labute approximate surface area is 237 Å². The highest BCUT2D eigenvalue weighted by Gasteiger charge is 2.37. The molecule has 2 aliphatic carbocycles. The lowest BCUT2D eigenvalue weighted by Gasteiger charge is -2.32. The quantitative estimate of drug-likeness (QED) is 0.225. The van der Waals surface area contributed by atoms with Crippen LogP contribution in [-0.2, 0) is 5.41 Å². The largest absolute Gasteiger partial charge is 0.314 e. The van der Waals surface area contributed by atoms with Crippen LogP contribution in [0.2, 0.25) is 0 Å². The number of rotatable bonds is 5. The molecule has 0 spiro atoms. The van der Waals surface area contributed by atoms with Crippen LogP contribution in [0.25, 0.3) is 27.8 Å². The average molecular weight is 516 g/mol. The van der Waals surface area contributed by atoms with Crippen LogP contribution in [-0.4, -0.2) is 0 Å². The van der Waals surface area contributed by atoms with E-state index in [1.54, 1.807) is 0 Å². The third-order valence-electron chi connectivity index (χ3n) is 8.62. The summed E-state index contributed by atoms with van der Waals surface area (Å²) in [5.41, 5.74) is 14.4. The van der Waals surface area contributed by atoms with Gasteiger partial charge in [-0.2, -0.15) is 0 Å². The molecule has 194 valence electrons. The van der Waals surface area contributed by atoms with E-state index >= 15 is 0 Å². The zero-order valence-corrected chi connectivity index (χ0v) is 23.1. The number of hydrogen-bond donors (Lipinski definition) is 0. The molecule has 0 N–H and O–H groups in total. The van der Waals surface area contributed by atoms with Crippen molar-refractivity contribution in [2.75, 3.05) is 4.90 Å². The van der Waals surface area contributed by atoms with Gasteiger partial charge in [-0.1, -0.05) is 129 Å². The predicted molar refractivity (Wildman–Crippen MR) is 170 cm³/mol. The molecule has 5 aromatic rings. The Morgan fingerprint density at radius 3 is 1.85 bits per heavy atom. The molecule has 0 saturated carbocycles. The van der Waals surface area contributed by atoms with Gasteiger partial charge in [0.25, 0.3) is 0 Å². The molecular weight excluding hydrogens is 482 g/mol. The monoisotopic (exact) mass is 515 g/mol. The van der Waals surface area contributed by atoms with Crippen molar-refractivity contribution in [3.05, 3.63) is 162 Å². The SMILES string of the molecule is CC1(C)c2ccccc2-c2c(N(C3=CC=C(c4ccccc4)CC3)c3ccc(-c4ccccc4)cc3)cccc21. The molecule has 1 heteroatoms. The van der Waals surface area contributed by atoms with Gasteiger partial charge in [0.2, 0.25) is 0 Å². The topological polar surface area (TPSA) is 3.24 Å². The maximum Gasteiger partial charge on any atom is 0.0540 e. The Bertz CT molecular complexity index is 1740. The third kappa shape index (κ3) is 4.10. The normalized spacial score (nSPS) is 15.1. The Balaban J connectivity index is 1.39. The molecule has 5 aromatic carbocycles. The van der Waals surface area contributed by atoms with Gasteiger partial charge in [-0.05, 0) is 76.1 Å². The fourth-order valence-electron chi connectivity index (χ4n) is 6.52. The van der Waals surface area contributed by atoms with Crippen molar-refractivity contribution < 1.29 is 0 Å². The first kappa shape index (κ1) is 24.4. The van der Waals surface area contributed by atoms with Crippen LogP contribution in [0.4, 0.5) is 11.4 Å². The molecule has 0 amide bonds. The van der Waals surface area contributed by atoms with Crippen LogP contribution in [0.3, 0.4) is 0 Å². The van der Waals surface area contributed by atoms with Gasteiger partial charge in [0.15, 0.2) is 0 Å². The standard InChI is InChI=1S/C39H33N/c1-39(2)35-17-10-9-16-34(35)38-36(39)18-11-19-37(38)40(32-24-20-30(21-25-32)28-12-5-3-6-13-28)33-26-22-31(23-27-33)29-14-7-4-8-15-29/h3-22,24-26H,23,27H2,1-2H3. The van der Waals surface area contributed by atoms with E-state index in [1.165, 1.54) is 61.6 Å². The van der Waals surface area contributed by atoms with E-state index in [9.17, 15) is 0 Å². The maximum absolute atomic E-state index is 2.50. The molecular formula is C39H33N. The van der Waals surface area contributed by atoms with Gasteiger partial charge < -0.3 is 4.90 Å². The number of fused-ring (bicyclic) bond motifs is 3. The molecule has 0 radical (unpaired) electrons. The second-order valence-electron chi connectivity index (χ2n) is 11.3. The second-order valence-corrected chi connectivity index (χ2v) is 11.3. The van der Waals surface area contributed by atoms with E-state index in [1.807, 2.05) is 0 Å². The van der Waals surface area contributed by atoms with E-state index in [0.717, 1.165) is 12.8 Å². The summed E-state index contributed by atoms with van der Waals surface area (Å²) in [4.78, 5) is 2.50. The molecule has 1 nitrogen and oxygen atoms in total. The van der Waals surface area contributed by atoms with Gasteiger partial charge in [0, 0.05) is 22.4 Å². The molecule has 0 aliphatic heterocycles. The number of nitrogens with zero attached hydrogens (tertiary/aromatic N) is 1. The number of anilines is 2. The highest BCUT2D eigenvalue weighted by molar-refractivity contribution is 5.93. The minimum atomic E-state index is -0.0356.